The lowest BCUT2D eigenvalue weighted by Crippen LogP contribution is -2.41. The van der Waals surface area contributed by atoms with Crippen molar-refractivity contribution < 1.29 is 18.4 Å². The van der Waals surface area contributed by atoms with E-state index < -0.39 is 18.3 Å². The highest BCUT2D eigenvalue weighted by molar-refractivity contribution is 6.54. The second kappa shape index (κ2) is 3.82. The molecule has 2 aliphatic rings. The summed E-state index contributed by atoms with van der Waals surface area (Å²) in [5.74, 6) is -0.246. The van der Waals surface area contributed by atoms with Crippen LogP contribution in [0.5, 0.6) is 0 Å². The van der Waals surface area contributed by atoms with E-state index in [0.717, 1.165) is 0 Å². The van der Waals surface area contributed by atoms with Crippen molar-refractivity contribution in [3.63, 3.8) is 0 Å². The van der Waals surface area contributed by atoms with Crippen LogP contribution in [0.2, 0.25) is 0 Å². The van der Waals surface area contributed by atoms with Crippen LogP contribution in [0, 0.1) is 0 Å². The topological polar surface area (TPSA) is 27.7 Å². The minimum Gasteiger partial charge on any atom is -0.399 e. The predicted molar refractivity (Wildman–Crippen MR) is 59.7 cm³/mol. The van der Waals surface area contributed by atoms with E-state index in [9.17, 15) is 4.39 Å². The maximum absolute atomic E-state index is 13.6. The van der Waals surface area contributed by atoms with Gasteiger partial charge in [-0.3, -0.25) is 0 Å². The molecule has 0 aliphatic carbocycles. The molecule has 0 atom stereocenters. The van der Waals surface area contributed by atoms with E-state index in [4.69, 9.17) is 14.0 Å². The smallest absolute Gasteiger partial charge is 0.399 e. The summed E-state index contributed by atoms with van der Waals surface area (Å²) in [5, 5.41) is 0. The second-order valence-electron chi connectivity index (χ2n) is 5.32. The maximum Gasteiger partial charge on any atom is 0.493 e. The Bertz CT molecular complexity index is 309. The van der Waals surface area contributed by atoms with E-state index in [1.807, 2.05) is 27.7 Å². The number of hydrogen-bond donors (Lipinski definition) is 0. The molecule has 0 N–H and O–H groups in total. The van der Waals surface area contributed by atoms with Crippen molar-refractivity contribution in [2.75, 3.05) is 13.2 Å². The fourth-order valence-electron chi connectivity index (χ4n) is 1.80. The Balaban J connectivity index is 2.20. The molecular weight excluding hydrogens is 210 g/mol. The van der Waals surface area contributed by atoms with Gasteiger partial charge >= 0.3 is 7.12 Å². The van der Waals surface area contributed by atoms with Gasteiger partial charge in [0.1, 0.15) is 5.83 Å². The normalized spacial score (nSPS) is 28.7. The van der Waals surface area contributed by atoms with Gasteiger partial charge in [0.15, 0.2) is 0 Å². The number of rotatable bonds is 1. The molecule has 0 unspecified atom stereocenters. The Morgan fingerprint density at radius 2 is 1.69 bits per heavy atom. The molecule has 0 aromatic heterocycles. The van der Waals surface area contributed by atoms with Crippen LogP contribution in [-0.2, 0) is 14.0 Å². The van der Waals surface area contributed by atoms with Gasteiger partial charge in [-0.15, -0.1) is 0 Å². The van der Waals surface area contributed by atoms with E-state index in [0.29, 0.717) is 18.5 Å². The minimum atomic E-state index is -0.561. The predicted octanol–water partition coefficient (Wildman–Crippen LogP) is 2.26. The first-order valence-electron chi connectivity index (χ1n) is 5.64. The standard InChI is InChI=1S/C11H18BFO3/c1-10(2)11(3,4)16-12(15-10)8-5-6-14-7-9(8)13/h5-7H2,1-4H3. The first kappa shape index (κ1) is 12.1. The van der Waals surface area contributed by atoms with Crippen LogP contribution in [-0.4, -0.2) is 31.5 Å². The Hall–Kier alpha value is -0.385. The van der Waals surface area contributed by atoms with E-state index in [-0.39, 0.29) is 12.4 Å². The van der Waals surface area contributed by atoms with E-state index in [1.54, 1.807) is 0 Å². The molecule has 2 aliphatic heterocycles. The van der Waals surface area contributed by atoms with Gasteiger partial charge < -0.3 is 14.0 Å². The molecule has 2 rings (SSSR count). The molecule has 90 valence electrons. The molecular formula is C11H18BFO3. The third-order valence-corrected chi connectivity index (χ3v) is 3.63. The minimum absolute atomic E-state index is 0.0411. The van der Waals surface area contributed by atoms with Gasteiger partial charge in [-0.1, -0.05) is 0 Å². The van der Waals surface area contributed by atoms with Gasteiger partial charge in [-0.25, -0.2) is 4.39 Å². The summed E-state index contributed by atoms with van der Waals surface area (Å²) in [6.07, 6.45) is 0.544. The molecule has 5 heteroatoms. The highest BCUT2D eigenvalue weighted by atomic mass is 19.1. The van der Waals surface area contributed by atoms with Gasteiger partial charge in [-0.2, -0.15) is 0 Å². The third kappa shape index (κ3) is 1.92. The lowest BCUT2D eigenvalue weighted by molar-refractivity contribution is 0.00578. The van der Waals surface area contributed by atoms with Gasteiger partial charge in [0, 0.05) is 0 Å². The van der Waals surface area contributed by atoms with Crippen LogP contribution < -0.4 is 0 Å². The second-order valence-corrected chi connectivity index (χ2v) is 5.32. The fourth-order valence-corrected chi connectivity index (χ4v) is 1.80. The van der Waals surface area contributed by atoms with Crippen LogP contribution in [0.4, 0.5) is 4.39 Å². The zero-order chi connectivity index (χ0) is 12.0. The van der Waals surface area contributed by atoms with E-state index in [2.05, 4.69) is 0 Å². The summed E-state index contributed by atoms with van der Waals surface area (Å²) in [7, 11) is -0.561. The van der Waals surface area contributed by atoms with E-state index >= 15 is 0 Å². The summed E-state index contributed by atoms with van der Waals surface area (Å²) in [6.45, 7) is 8.43. The highest BCUT2D eigenvalue weighted by Gasteiger charge is 2.53. The monoisotopic (exact) mass is 228 g/mol. The molecule has 0 radical (unpaired) electrons. The van der Waals surface area contributed by atoms with Gasteiger partial charge in [-0.05, 0) is 39.6 Å². The van der Waals surface area contributed by atoms with Gasteiger partial charge in [0.2, 0.25) is 0 Å². The molecule has 0 amide bonds. The Morgan fingerprint density at radius 3 is 2.19 bits per heavy atom. The van der Waals surface area contributed by atoms with Crippen molar-refractivity contribution in [1.82, 2.24) is 0 Å². The SMILES string of the molecule is CC1(C)OB(C2=C(F)COCC2)OC1(C)C. The summed E-state index contributed by atoms with van der Waals surface area (Å²) >= 11 is 0. The van der Waals surface area contributed by atoms with Crippen molar-refractivity contribution in [3.8, 4) is 0 Å². The van der Waals surface area contributed by atoms with Gasteiger partial charge in [0.05, 0.1) is 24.4 Å². The zero-order valence-electron chi connectivity index (χ0n) is 10.3. The Morgan fingerprint density at radius 1 is 1.12 bits per heavy atom. The zero-order valence-corrected chi connectivity index (χ0v) is 10.3. The lowest BCUT2D eigenvalue weighted by Gasteiger charge is -2.32. The summed E-state index contributed by atoms with van der Waals surface area (Å²) in [5.41, 5.74) is -0.225. The fraction of sp³-hybridized carbons (Fsp3) is 0.818. The Labute approximate surface area is 96.1 Å². The van der Waals surface area contributed by atoms with Crippen LogP contribution in [0.3, 0.4) is 0 Å². The number of halogens is 1. The van der Waals surface area contributed by atoms with Crippen LogP contribution in [0.1, 0.15) is 34.1 Å². The average Bonchev–Trinajstić information content (AvgIpc) is 2.36. The summed E-state index contributed by atoms with van der Waals surface area (Å²) < 4.78 is 30.2. The van der Waals surface area contributed by atoms with Crippen molar-refractivity contribution in [2.24, 2.45) is 0 Å². The third-order valence-electron chi connectivity index (χ3n) is 3.63. The van der Waals surface area contributed by atoms with Crippen LogP contribution in [0.15, 0.2) is 11.3 Å². The largest absolute Gasteiger partial charge is 0.493 e. The highest BCUT2D eigenvalue weighted by Crippen LogP contribution is 2.40. The lowest BCUT2D eigenvalue weighted by atomic mass is 9.75. The van der Waals surface area contributed by atoms with Crippen LogP contribution >= 0.6 is 0 Å². The first-order valence-corrected chi connectivity index (χ1v) is 5.64. The van der Waals surface area contributed by atoms with Crippen molar-refractivity contribution in [3.05, 3.63) is 11.3 Å². The molecule has 0 spiro atoms. The van der Waals surface area contributed by atoms with Crippen molar-refractivity contribution in [1.29, 1.82) is 0 Å². The van der Waals surface area contributed by atoms with Crippen molar-refractivity contribution >= 4 is 7.12 Å². The molecule has 1 fully saturated rings. The molecule has 0 aromatic carbocycles. The molecule has 2 heterocycles. The molecule has 16 heavy (non-hydrogen) atoms. The molecule has 1 saturated heterocycles. The maximum atomic E-state index is 13.6. The summed E-state index contributed by atoms with van der Waals surface area (Å²) in [6, 6.07) is 0. The first-order chi connectivity index (χ1) is 7.33. The number of hydrogen-bond acceptors (Lipinski definition) is 3. The van der Waals surface area contributed by atoms with E-state index in [1.165, 1.54) is 0 Å². The molecule has 3 nitrogen and oxygen atoms in total. The Kier molecular flexibility index (Phi) is 2.89. The van der Waals surface area contributed by atoms with Crippen LogP contribution in [0.25, 0.3) is 0 Å². The summed E-state index contributed by atoms with van der Waals surface area (Å²) in [4.78, 5) is 0. The molecule has 0 saturated carbocycles. The number of ether oxygens (including phenoxy) is 1. The average molecular weight is 228 g/mol. The quantitative estimate of drug-likeness (QED) is 0.644. The van der Waals surface area contributed by atoms with Gasteiger partial charge in [0.25, 0.3) is 0 Å². The molecule has 0 aromatic rings. The van der Waals surface area contributed by atoms with Crippen molar-refractivity contribution in [2.45, 2.75) is 45.3 Å². The molecule has 0 bridgehead atoms.